The third-order valence-corrected chi connectivity index (χ3v) is 5.03. The molecule has 146 valence electrons. The van der Waals surface area contributed by atoms with Crippen LogP contribution in [-0.2, 0) is 4.74 Å². The average molecular weight is 341 g/mol. The van der Waals surface area contributed by atoms with Crippen LogP contribution < -0.4 is 0 Å². The summed E-state index contributed by atoms with van der Waals surface area (Å²) in [6.45, 7) is 6.53. The van der Waals surface area contributed by atoms with Gasteiger partial charge in [-0.2, -0.15) is 0 Å². The normalized spacial score (nSPS) is 11.2. The highest BCUT2D eigenvalue weighted by molar-refractivity contribution is 4.49. The van der Waals surface area contributed by atoms with Crippen LogP contribution in [0.1, 0.15) is 136 Å². The van der Waals surface area contributed by atoms with Crippen molar-refractivity contribution in [2.75, 3.05) is 13.2 Å². The Labute approximate surface area is 154 Å². The van der Waals surface area contributed by atoms with Crippen LogP contribution in [0.25, 0.3) is 0 Å². The lowest BCUT2D eigenvalue weighted by Crippen LogP contribution is -1.97. The van der Waals surface area contributed by atoms with E-state index >= 15 is 0 Å². The maximum Gasteiger partial charge on any atom is 0.0466 e. The molecule has 0 atom stereocenters. The van der Waals surface area contributed by atoms with Crippen molar-refractivity contribution < 1.29 is 4.74 Å². The van der Waals surface area contributed by atoms with Crippen LogP contribution in [0.5, 0.6) is 0 Å². The summed E-state index contributed by atoms with van der Waals surface area (Å²) in [6.07, 6.45) is 26.8. The van der Waals surface area contributed by atoms with Crippen molar-refractivity contribution in [1.82, 2.24) is 0 Å². The predicted octanol–water partition coefficient (Wildman–Crippen LogP) is 8.45. The molecule has 0 aromatic heterocycles. The lowest BCUT2D eigenvalue weighted by molar-refractivity contribution is 0.125. The maximum absolute atomic E-state index is 5.69. The molecule has 0 aromatic rings. The number of unbranched alkanes of at least 4 members (excludes halogenated alkanes) is 17. The van der Waals surface area contributed by atoms with E-state index in [1.807, 2.05) is 0 Å². The molecular weight excluding hydrogens is 292 g/mol. The standard InChI is InChI=1S/C23H48O/c1-3-5-7-9-10-11-12-13-14-15-16-17-18-19-21-23-24-22-20-8-6-4-2/h3-23H2,1-2H3. The number of ether oxygens (including phenoxy) is 1. The van der Waals surface area contributed by atoms with Gasteiger partial charge in [0.1, 0.15) is 0 Å². The largest absolute Gasteiger partial charge is 0.381 e. The molecule has 0 fully saturated rings. The first kappa shape index (κ1) is 24.0. The van der Waals surface area contributed by atoms with Crippen molar-refractivity contribution in [3.63, 3.8) is 0 Å². The second-order valence-electron chi connectivity index (χ2n) is 7.62. The zero-order valence-electron chi connectivity index (χ0n) is 17.3. The van der Waals surface area contributed by atoms with Crippen molar-refractivity contribution in [1.29, 1.82) is 0 Å². The highest BCUT2D eigenvalue weighted by atomic mass is 16.5. The van der Waals surface area contributed by atoms with E-state index in [0.717, 1.165) is 13.2 Å². The Hall–Kier alpha value is -0.0400. The van der Waals surface area contributed by atoms with E-state index in [2.05, 4.69) is 13.8 Å². The third-order valence-electron chi connectivity index (χ3n) is 5.03. The Kier molecular flexibility index (Phi) is 22.9. The van der Waals surface area contributed by atoms with Crippen molar-refractivity contribution in [3.05, 3.63) is 0 Å². The van der Waals surface area contributed by atoms with Crippen molar-refractivity contribution in [2.24, 2.45) is 0 Å². The van der Waals surface area contributed by atoms with Crippen molar-refractivity contribution in [2.45, 2.75) is 136 Å². The Balaban J connectivity index is 2.93. The minimum Gasteiger partial charge on any atom is -0.381 e. The van der Waals surface area contributed by atoms with Gasteiger partial charge >= 0.3 is 0 Å². The van der Waals surface area contributed by atoms with Gasteiger partial charge in [-0.05, 0) is 12.8 Å². The van der Waals surface area contributed by atoms with Crippen LogP contribution in [0.3, 0.4) is 0 Å². The van der Waals surface area contributed by atoms with Gasteiger partial charge < -0.3 is 4.74 Å². The van der Waals surface area contributed by atoms with Gasteiger partial charge in [0.05, 0.1) is 0 Å². The van der Waals surface area contributed by atoms with Crippen LogP contribution in [0.4, 0.5) is 0 Å². The summed E-state index contributed by atoms with van der Waals surface area (Å²) in [7, 11) is 0. The lowest BCUT2D eigenvalue weighted by atomic mass is 10.0. The van der Waals surface area contributed by atoms with E-state index in [4.69, 9.17) is 4.74 Å². The molecule has 0 aliphatic rings. The molecule has 0 spiro atoms. The minimum atomic E-state index is 0.985. The van der Waals surface area contributed by atoms with Crippen LogP contribution in [-0.4, -0.2) is 13.2 Å². The van der Waals surface area contributed by atoms with Gasteiger partial charge in [0.25, 0.3) is 0 Å². The molecule has 0 aliphatic carbocycles. The molecule has 0 unspecified atom stereocenters. The number of hydrogen-bond donors (Lipinski definition) is 0. The molecule has 0 N–H and O–H groups in total. The summed E-state index contributed by atoms with van der Waals surface area (Å²) in [5.74, 6) is 0. The monoisotopic (exact) mass is 340 g/mol. The van der Waals surface area contributed by atoms with Gasteiger partial charge in [0.15, 0.2) is 0 Å². The summed E-state index contributed by atoms with van der Waals surface area (Å²) in [6, 6.07) is 0. The molecule has 1 nitrogen and oxygen atoms in total. The quantitative estimate of drug-likeness (QED) is 0.190. The highest BCUT2D eigenvalue weighted by Gasteiger charge is 1.95. The number of hydrogen-bond acceptors (Lipinski definition) is 1. The molecule has 1 heteroatoms. The molecule has 0 heterocycles. The fourth-order valence-corrected chi connectivity index (χ4v) is 3.31. The molecule has 0 saturated carbocycles. The summed E-state index contributed by atoms with van der Waals surface area (Å²) < 4.78 is 5.69. The smallest absolute Gasteiger partial charge is 0.0466 e. The highest BCUT2D eigenvalue weighted by Crippen LogP contribution is 2.13. The van der Waals surface area contributed by atoms with Gasteiger partial charge in [0.2, 0.25) is 0 Å². The van der Waals surface area contributed by atoms with E-state index in [1.165, 1.54) is 122 Å². The van der Waals surface area contributed by atoms with Crippen LogP contribution in [0, 0.1) is 0 Å². The van der Waals surface area contributed by atoms with E-state index < -0.39 is 0 Å². The summed E-state index contributed by atoms with van der Waals surface area (Å²) >= 11 is 0. The topological polar surface area (TPSA) is 9.23 Å². The molecule has 0 radical (unpaired) electrons. The van der Waals surface area contributed by atoms with E-state index in [-0.39, 0.29) is 0 Å². The Morgan fingerprint density at radius 2 is 0.583 bits per heavy atom. The maximum atomic E-state index is 5.69. The molecule has 24 heavy (non-hydrogen) atoms. The summed E-state index contributed by atoms with van der Waals surface area (Å²) in [4.78, 5) is 0. The van der Waals surface area contributed by atoms with Crippen molar-refractivity contribution in [3.8, 4) is 0 Å². The van der Waals surface area contributed by atoms with Gasteiger partial charge in [-0.25, -0.2) is 0 Å². The molecular formula is C23H48O. The third kappa shape index (κ3) is 22.0. The molecule has 0 amide bonds. The fraction of sp³-hybridized carbons (Fsp3) is 1.00. The SMILES string of the molecule is CCCCCCCCCCCCCCCCCOCCCCCC. The Morgan fingerprint density at radius 1 is 0.333 bits per heavy atom. The van der Waals surface area contributed by atoms with Crippen LogP contribution in [0.2, 0.25) is 0 Å². The van der Waals surface area contributed by atoms with Gasteiger partial charge in [-0.15, -0.1) is 0 Å². The van der Waals surface area contributed by atoms with E-state index in [1.54, 1.807) is 0 Å². The summed E-state index contributed by atoms with van der Waals surface area (Å²) in [5, 5.41) is 0. The Morgan fingerprint density at radius 3 is 0.917 bits per heavy atom. The first-order chi connectivity index (χ1) is 11.9. The average Bonchev–Trinajstić information content (AvgIpc) is 2.60. The zero-order chi connectivity index (χ0) is 17.6. The molecule has 0 bridgehead atoms. The molecule has 0 aromatic carbocycles. The lowest BCUT2D eigenvalue weighted by Gasteiger charge is -2.05. The van der Waals surface area contributed by atoms with Crippen molar-refractivity contribution >= 4 is 0 Å². The first-order valence-corrected chi connectivity index (χ1v) is 11.5. The van der Waals surface area contributed by atoms with E-state index in [0.29, 0.717) is 0 Å². The minimum absolute atomic E-state index is 0.985. The second-order valence-corrected chi connectivity index (χ2v) is 7.62. The number of rotatable bonds is 21. The van der Waals surface area contributed by atoms with Gasteiger partial charge in [-0.1, -0.05) is 123 Å². The molecule has 0 aliphatic heterocycles. The van der Waals surface area contributed by atoms with Crippen LogP contribution >= 0.6 is 0 Å². The van der Waals surface area contributed by atoms with E-state index in [9.17, 15) is 0 Å². The van der Waals surface area contributed by atoms with Crippen LogP contribution in [0.15, 0.2) is 0 Å². The second kappa shape index (κ2) is 23.0. The Bertz CT molecular complexity index is 180. The zero-order valence-corrected chi connectivity index (χ0v) is 17.3. The summed E-state index contributed by atoms with van der Waals surface area (Å²) in [5.41, 5.74) is 0. The molecule has 0 rings (SSSR count). The molecule has 0 saturated heterocycles. The predicted molar refractivity (Wildman–Crippen MR) is 110 cm³/mol. The first-order valence-electron chi connectivity index (χ1n) is 11.5. The fourth-order valence-electron chi connectivity index (χ4n) is 3.31. The van der Waals surface area contributed by atoms with Gasteiger partial charge in [-0.3, -0.25) is 0 Å². The van der Waals surface area contributed by atoms with Gasteiger partial charge in [0, 0.05) is 13.2 Å².